The highest BCUT2D eigenvalue weighted by atomic mass is 19.1. The molecule has 1 saturated heterocycles. The number of anilines is 1. The molecule has 2 aliphatic rings. The van der Waals surface area contributed by atoms with Crippen LogP contribution in [0.4, 0.5) is 10.2 Å². The van der Waals surface area contributed by atoms with Crippen molar-refractivity contribution in [1.29, 1.82) is 0 Å². The van der Waals surface area contributed by atoms with Crippen LogP contribution in [0.2, 0.25) is 0 Å². The first-order valence-electron chi connectivity index (χ1n) is 10.6. The van der Waals surface area contributed by atoms with Gasteiger partial charge < -0.3 is 24.7 Å². The summed E-state index contributed by atoms with van der Waals surface area (Å²) < 4.78 is 25.0. The summed E-state index contributed by atoms with van der Waals surface area (Å²) in [6.07, 6.45) is 3.94. The van der Waals surface area contributed by atoms with Crippen LogP contribution in [0.15, 0.2) is 48.7 Å². The summed E-state index contributed by atoms with van der Waals surface area (Å²) in [6, 6.07) is 12.6. The molecule has 7 heteroatoms. The molecule has 0 atom stereocenters. The van der Waals surface area contributed by atoms with E-state index < -0.39 is 5.82 Å². The van der Waals surface area contributed by atoms with Gasteiger partial charge in [-0.2, -0.15) is 0 Å². The van der Waals surface area contributed by atoms with Crippen molar-refractivity contribution >= 4 is 23.4 Å². The first-order valence-corrected chi connectivity index (χ1v) is 10.6. The van der Waals surface area contributed by atoms with E-state index in [9.17, 15) is 9.18 Å². The second kappa shape index (κ2) is 8.51. The van der Waals surface area contributed by atoms with Gasteiger partial charge >= 0.3 is 0 Å². The number of carbonyl (C=O) groups excluding carboxylic acids is 1. The molecule has 2 aromatic carbocycles. The molecule has 0 bridgehead atoms. The van der Waals surface area contributed by atoms with Crippen LogP contribution in [-0.4, -0.2) is 55.7 Å². The Morgan fingerprint density at radius 3 is 2.75 bits per heavy atom. The molecule has 0 saturated carbocycles. The number of amides is 1. The molecule has 5 rings (SSSR count). The van der Waals surface area contributed by atoms with Gasteiger partial charge in [0.25, 0.3) is 5.91 Å². The minimum absolute atomic E-state index is 0.0204. The van der Waals surface area contributed by atoms with E-state index in [4.69, 9.17) is 9.47 Å². The first-order chi connectivity index (χ1) is 15.7. The average Bonchev–Trinajstić information content (AvgIpc) is 3.27. The predicted octanol–water partition coefficient (Wildman–Crippen LogP) is 4.27. The maximum Gasteiger partial charge on any atom is 0.254 e. The van der Waals surface area contributed by atoms with Crippen LogP contribution in [0, 0.1) is 5.82 Å². The molecule has 2 aliphatic heterocycles. The van der Waals surface area contributed by atoms with E-state index in [0.717, 1.165) is 28.1 Å². The van der Waals surface area contributed by atoms with E-state index in [1.54, 1.807) is 6.07 Å². The van der Waals surface area contributed by atoms with Gasteiger partial charge in [0.15, 0.2) is 11.6 Å². The normalized spacial score (nSPS) is 15.6. The Bertz CT molecular complexity index is 1190. The molecule has 1 aromatic heterocycles. The number of benzene rings is 2. The molecule has 164 valence electrons. The lowest BCUT2D eigenvalue weighted by atomic mass is 9.95. The summed E-state index contributed by atoms with van der Waals surface area (Å²) in [4.78, 5) is 18.0. The molecule has 2 N–H and O–H groups in total. The van der Waals surface area contributed by atoms with Crippen molar-refractivity contribution in [3.63, 3.8) is 0 Å². The van der Waals surface area contributed by atoms with Crippen molar-refractivity contribution in [2.45, 2.75) is 0 Å². The van der Waals surface area contributed by atoms with E-state index >= 15 is 0 Å². The lowest BCUT2D eigenvalue weighted by Gasteiger charge is -2.27. The van der Waals surface area contributed by atoms with Gasteiger partial charge in [0.2, 0.25) is 0 Å². The van der Waals surface area contributed by atoms with Crippen LogP contribution in [0.3, 0.4) is 0 Å². The number of methoxy groups -OCH3 is 1. The van der Waals surface area contributed by atoms with E-state index in [1.165, 1.54) is 13.2 Å². The number of hydrogen-bond donors (Lipinski definition) is 2. The Labute approximate surface area is 185 Å². The Balaban J connectivity index is 1.50. The number of H-pyrrole nitrogens is 1. The standard InChI is InChI=1S/C25H24FN3O3/c1-31-23-19(6-3-7-22(23)26)21-15-28-24-20(21)13-18(14-27-24)16-4-2-5-17(12-16)25(30)29-8-10-32-11-9-29/h2-7,12-13,15,27-28H,8-11,14H2,1H3. The minimum Gasteiger partial charge on any atom is -0.493 e. The number of nitrogens with zero attached hydrogens (tertiary/aromatic N) is 1. The maximum atomic E-state index is 14.3. The average molecular weight is 433 g/mol. The summed E-state index contributed by atoms with van der Waals surface area (Å²) in [7, 11) is 1.47. The topological polar surface area (TPSA) is 66.6 Å². The summed E-state index contributed by atoms with van der Waals surface area (Å²) in [5, 5.41) is 3.40. The van der Waals surface area contributed by atoms with Gasteiger partial charge in [0.1, 0.15) is 5.82 Å². The van der Waals surface area contributed by atoms with Gasteiger partial charge in [-0.15, -0.1) is 0 Å². The fourth-order valence-electron chi connectivity index (χ4n) is 4.28. The number of para-hydroxylation sites is 1. The lowest BCUT2D eigenvalue weighted by Crippen LogP contribution is -2.40. The third-order valence-corrected chi connectivity index (χ3v) is 5.93. The monoisotopic (exact) mass is 433 g/mol. The van der Waals surface area contributed by atoms with E-state index in [0.29, 0.717) is 44.0 Å². The van der Waals surface area contributed by atoms with Crippen molar-refractivity contribution in [3.05, 3.63) is 71.2 Å². The number of aromatic amines is 1. The number of rotatable bonds is 4. The molecule has 3 heterocycles. The fourth-order valence-corrected chi connectivity index (χ4v) is 4.28. The fraction of sp³-hybridized carbons (Fsp3) is 0.240. The molecular weight excluding hydrogens is 409 g/mol. The third kappa shape index (κ3) is 3.65. The molecule has 0 radical (unpaired) electrons. The number of fused-ring (bicyclic) bond motifs is 1. The Morgan fingerprint density at radius 2 is 1.94 bits per heavy atom. The highest BCUT2D eigenvalue weighted by molar-refractivity contribution is 5.99. The number of nitrogens with one attached hydrogen (secondary N) is 2. The number of halogens is 1. The van der Waals surface area contributed by atoms with E-state index in [2.05, 4.69) is 16.4 Å². The van der Waals surface area contributed by atoms with E-state index in [-0.39, 0.29) is 11.7 Å². The van der Waals surface area contributed by atoms with Crippen LogP contribution >= 0.6 is 0 Å². The van der Waals surface area contributed by atoms with Crippen molar-refractivity contribution < 1.29 is 18.7 Å². The van der Waals surface area contributed by atoms with Crippen LogP contribution in [0.25, 0.3) is 22.8 Å². The Morgan fingerprint density at radius 1 is 1.12 bits per heavy atom. The molecular formula is C25H24FN3O3. The highest BCUT2D eigenvalue weighted by Crippen LogP contribution is 2.40. The SMILES string of the molecule is COc1c(F)cccc1-c1c[nH]c2c1C=C(c1cccc(C(=O)N3CCOCC3)c1)CN2. The number of carbonyl (C=O) groups is 1. The predicted molar refractivity (Wildman–Crippen MR) is 122 cm³/mol. The summed E-state index contributed by atoms with van der Waals surface area (Å²) in [5.41, 5.74) is 5.14. The summed E-state index contributed by atoms with van der Waals surface area (Å²) in [6.45, 7) is 2.98. The van der Waals surface area contributed by atoms with Gasteiger partial charge in [-0.1, -0.05) is 24.3 Å². The molecule has 1 amide bonds. The number of morpholine rings is 1. The zero-order valence-corrected chi connectivity index (χ0v) is 17.8. The number of ether oxygens (including phenoxy) is 2. The molecule has 32 heavy (non-hydrogen) atoms. The van der Waals surface area contributed by atoms with Crippen LogP contribution in [-0.2, 0) is 4.74 Å². The second-order valence-corrected chi connectivity index (χ2v) is 7.82. The molecule has 0 aliphatic carbocycles. The van der Waals surface area contributed by atoms with Crippen LogP contribution in [0.5, 0.6) is 5.75 Å². The van der Waals surface area contributed by atoms with Gasteiger partial charge in [0, 0.05) is 48.1 Å². The van der Waals surface area contributed by atoms with Gasteiger partial charge in [0.05, 0.1) is 20.3 Å². The largest absolute Gasteiger partial charge is 0.493 e. The van der Waals surface area contributed by atoms with Gasteiger partial charge in [-0.05, 0) is 35.4 Å². The molecule has 1 fully saturated rings. The number of hydrogen-bond acceptors (Lipinski definition) is 4. The lowest BCUT2D eigenvalue weighted by molar-refractivity contribution is 0.0303. The Kier molecular flexibility index (Phi) is 5.41. The molecule has 6 nitrogen and oxygen atoms in total. The highest BCUT2D eigenvalue weighted by Gasteiger charge is 2.22. The summed E-state index contributed by atoms with van der Waals surface area (Å²) in [5.74, 6) is 0.706. The second-order valence-electron chi connectivity index (χ2n) is 7.82. The van der Waals surface area contributed by atoms with E-state index in [1.807, 2.05) is 41.4 Å². The zero-order valence-electron chi connectivity index (χ0n) is 17.8. The quantitative estimate of drug-likeness (QED) is 0.645. The van der Waals surface area contributed by atoms with Crippen molar-refractivity contribution in [1.82, 2.24) is 9.88 Å². The van der Waals surface area contributed by atoms with Gasteiger partial charge in [-0.3, -0.25) is 4.79 Å². The smallest absolute Gasteiger partial charge is 0.254 e. The maximum absolute atomic E-state index is 14.3. The van der Waals surface area contributed by atoms with Crippen molar-refractivity contribution in [2.75, 3.05) is 45.3 Å². The minimum atomic E-state index is -0.401. The van der Waals surface area contributed by atoms with Crippen LogP contribution in [0.1, 0.15) is 21.5 Å². The Hall–Kier alpha value is -3.58. The first kappa shape index (κ1) is 20.3. The zero-order chi connectivity index (χ0) is 22.1. The number of aromatic nitrogens is 1. The molecule has 3 aromatic rings. The van der Waals surface area contributed by atoms with Crippen molar-refractivity contribution in [3.8, 4) is 16.9 Å². The van der Waals surface area contributed by atoms with Gasteiger partial charge in [-0.25, -0.2) is 4.39 Å². The van der Waals surface area contributed by atoms with Crippen molar-refractivity contribution in [2.24, 2.45) is 0 Å². The third-order valence-electron chi connectivity index (χ3n) is 5.93. The van der Waals surface area contributed by atoms with Crippen LogP contribution < -0.4 is 10.1 Å². The summed E-state index contributed by atoms with van der Waals surface area (Å²) >= 11 is 0. The molecule has 0 unspecified atom stereocenters. The molecule has 0 spiro atoms.